The SMILES string of the molecule is Cc1cccc(CCN)c1OCc1ccnc(C#N)c1. The molecule has 0 bridgehead atoms. The molecule has 20 heavy (non-hydrogen) atoms. The van der Waals surface area contributed by atoms with Gasteiger partial charge in [0.05, 0.1) is 0 Å². The van der Waals surface area contributed by atoms with Crippen molar-refractivity contribution in [1.82, 2.24) is 4.98 Å². The standard InChI is InChI=1S/C16H17N3O/c1-12-3-2-4-14(5-7-17)16(12)20-11-13-6-8-19-15(9-13)10-18/h2-4,6,8-9H,5,7,11,17H2,1H3. The van der Waals surface area contributed by atoms with Gasteiger partial charge in [0, 0.05) is 6.20 Å². The second-order valence-electron chi connectivity index (χ2n) is 4.55. The molecule has 1 aromatic heterocycles. The van der Waals surface area contributed by atoms with E-state index in [0.29, 0.717) is 18.8 Å². The molecule has 2 aromatic rings. The normalized spacial score (nSPS) is 10.1. The summed E-state index contributed by atoms with van der Waals surface area (Å²) in [4.78, 5) is 3.94. The maximum absolute atomic E-state index is 8.84. The molecule has 0 fully saturated rings. The molecule has 0 amide bonds. The topological polar surface area (TPSA) is 71.9 Å². The van der Waals surface area contributed by atoms with Crippen LogP contribution in [-0.4, -0.2) is 11.5 Å². The Labute approximate surface area is 118 Å². The molecule has 0 radical (unpaired) electrons. The Morgan fingerprint density at radius 2 is 2.20 bits per heavy atom. The fourth-order valence-electron chi connectivity index (χ4n) is 2.05. The zero-order chi connectivity index (χ0) is 14.4. The number of benzene rings is 1. The first kappa shape index (κ1) is 14.0. The number of rotatable bonds is 5. The molecule has 0 saturated carbocycles. The number of nitrogens with zero attached hydrogens (tertiary/aromatic N) is 2. The fraction of sp³-hybridized carbons (Fsp3) is 0.250. The Morgan fingerprint density at radius 3 is 2.95 bits per heavy atom. The molecule has 0 spiro atoms. The molecule has 4 heteroatoms. The highest BCUT2D eigenvalue weighted by molar-refractivity contribution is 5.41. The third kappa shape index (κ3) is 3.34. The number of pyridine rings is 1. The van der Waals surface area contributed by atoms with Gasteiger partial charge in [-0.3, -0.25) is 0 Å². The van der Waals surface area contributed by atoms with Gasteiger partial charge in [-0.25, -0.2) is 4.98 Å². The van der Waals surface area contributed by atoms with Gasteiger partial charge in [0.25, 0.3) is 0 Å². The molecule has 2 rings (SSSR count). The van der Waals surface area contributed by atoms with E-state index in [9.17, 15) is 0 Å². The highest BCUT2D eigenvalue weighted by atomic mass is 16.5. The van der Waals surface area contributed by atoms with Gasteiger partial charge in [0.1, 0.15) is 24.1 Å². The Morgan fingerprint density at radius 1 is 1.35 bits per heavy atom. The van der Waals surface area contributed by atoms with Crippen LogP contribution in [0.1, 0.15) is 22.4 Å². The molecule has 0 aliphatic rings. The van der Waals surface area contributed by atoms with E-state index < -0.39 is 0 Å². The molecule has 1 heterocycles. The van der Waals surface area contributed by atoms with Crippen molar-refractivity contribution in [2.45, 2.75) is 20.0 Å². The second kappa shape index (κ2) is 6.69. The average molecular weight is 267 g/mol. The Hall–Kier alpha value is -2.38. The molecule has 0 atom stereocenters. The summed E-state index contributed by atoms with van der Waals surface area (Å²) < 4.78 is 5.91. The lowest BCUT2D eigenvalue weighted by molar-refractivity contribution is 0.300. The zero-order valence-electron chi connectivity index (χ0n) is 11.5. The number of para-hydroxylation sites is 1. The molecule has 4 nitrogen and oxygen atoms in total. The van der Waals surface area contributed by atoms with Gasteiger partial charge >= 0.3 is 0 Å². The number of nitrogens with two attached hydrogens (primary N) is 1. The van der Waals surface area contributed by atoms with E-state index in [-0.39, 0.29) is 0 Å². The molecule has 1 aromatic carbocycles. The van der Waals surface area contributed by atoms with Crippen molar-refractivity contribution in [3.05, 3.63) is 58.9 Å². The molecular formula is C16H17N3O. The first-order chi connectivity index (χ1) is 9.74. The summed E-state index contributed by atoms with van der Waals surface area (Å²) >= 11 is 0. The van der Waals surface area contributed by atoms with Crippen LogP contribution in [0.2, 0.25) is 0 Å². The smallest absolute Gasteiger partial charge is 0.140 e. The monoisotopic (exact) mass is 267 g/mol. The van der Waals surface area contributed by atoms with Gasteiger partial charge < -0.3 is 10.5 Å². The summed E-state index contributed by atoms with van der Waals surface area (Å²) in [5.41, 5.74) is 9.16. The minimum atomic E-state index is 0.401. The van der Waals surface area contributed by atoms with Crippen molar-refractivity contribution in [1.29, 1.82) is 5.26 Å². The highest BCUT2D eigenvalue weighted by Gasteiger charge is 2.07. The van der Waals surface area contributed by atoms with Gasteiger partial charge in [0.2, 0.25) is 0 Å². The number of aromatic nitrogens is 1. The lowest BCUT2D eigenvalue weighted by atomic mass is 10.1. The van der Waals surface area contributed by atoms with E-state index in [1.807, 2.05) is 37.3 Å². The molecular weight excluding hydrogens is 250 g/mol. The van der Waals surface area contributed by atoms with Crippen LogP contribution in [0.15, 0.2) is 36.5 Å². The van der Waals surface area contributed by atoms with E-state index in [0.717, 1.165) is 28.9 Å². The van der Waals surface area contributed by atoms with Crippen molar-refractivity contribution < 1.29 is 4.74 Å². The number of hydrogen-bond acceptors (Lipinski definition) is 4. The van der Waals surface area contributed by atoms with Gasteiger partial charge in [-0.2, -0.15) is 5.26 Å². The fourth-order valence-corrected chi connectivity index (χ4v) is 2.05. The van der Waals surface area contributed by atoms with Crippen molar-refractivity contribution in [2.24, 2.45) is 5.73 Å². The number of ether oxygens (including phenoxy) is 1. The van der Waals surface area contributed by atoms with Crippen molar-refractivity contribution in [2.75, 3.05) is 6.54 Å². The Balaban J connectivity index is 2.16. The van der Waals surface area contributed by atoms with E-state index in [1.54, 1.807) is 12.3 Å². The predicted molar refractivity (Wildman–Crippen MR) is 77.2 cm³/mol. The van der Waals surface area contributed by atoms with Gasteiger partial charge in [0.15, 0.2) is 0 Å². The third-order valence-corrected chi connectivity index (χ3v) is 3.03. The molecule has 102 valence electrons. The van der Waals surface area contributed by atoms with Gasteiger partial charge in [-0.1, -0.05) is 18.2 Å². The molecule has 0 saturated heterocycles. The Bertz CT molecular complexity index is 632. The highest BCUT2D eigenvalue weighted by Crippen LogP contribution is 2.24. The van der Waals surface area contributed by atoms with Crippen molar-refractivity contribution >= 4 is 0 Å². The van der Waals surface area contributed by atoms with Crippen LogP contribution in [0, 0.1) is 18.3 Å². The molecule has 0 aliphatic carbocycles. The summed E-state index contributed by atoms with van der Waals surface area (Å²) in [7, 11) is 0. The lowest BCUT2D eigenvalue weighted by Gasteiger charge is -2.13. The Kier molecular flexibility index (Phi) is 4.70. The minimum absolute atomic E-state index is 0.401. The lowest BCUT2D eigenvalue weighted by Crippen LogP contribution is -2.06. The maximum atomic E-state index is 8.84. The van der Waals surface area contributed by atoms with E-state index in [4.69, 9.17) is 15.7 Å². The zero-order valence-corrected chi connectivity index (χ0v) is 11.5. The summed E-state index contributed by atoms with van der Waals surface area (Å²) in [5.74, 6) is 0.883. The number of aryl methyl sites for hydroxylation is 1. The number of nitriles is 1. The number of hydrogen-bond donors (Lipinski definition) is 1. The van der Waals surface area contributed by atoms with Gasteiger partial charge in [-0.15, -0.1) is 0 Å². The van der Waals surface area contributed by atoms with Crippen molar-refractivity contribution in [3.8, 4) is 11.8 Å². The van der Waals surface area contributed by atoms with Crippen LogP contribution in [0.5, 0.6) is 5.75 Å². The minimum Gasteiger partial charge on any atom is -0.488 e. The van der Waals surface area contributed by atoms with Crippen LogP contribution in [0.4, 0.5) is 0 Å². The summed E-state index contributed by atoms with van der Waals surface area (Å²) in [5, 5.41) is 8.84. The van der Waals surface area contributed by atoms with Crippen LogP contribution in [0.3, 0.4) is 0 Å². The van der Waals surface area contributed by atoms with E-state index >= 15 is 0 Å². The predicted octanol–water partition coefficient (Wildman–Crippen LogP) is 2.34. The quantitative estimate of drug-likeness (QED) is 0.902. The second-order valence-corrected chi connectivity index (χ2v) is 4.55. The molecule has 0 aliphatic heterocycles. The summed E-state index contributed by atoms with van der Waals surface area (Å²) in [6.07, 6.45) is 2.41. The average Bonchev–Trinajstić information content (AvgIpc) is 2.47. The van der Waals surface area contributed by atoms with E-state index in [1.165, 1.54) is 0 Å². The van der Waals surface area contributed by atoms with Crippen LogP contribution in [-0.2, 0) is 13.0 Å². The maximum Gasteiger partial charge on any atom is 0.140 e. The van der Waals surface area contributed by atoms with Crippen LogP contribution >= 0.6 is 0 Å². The molecule has 2 N–H and O–H groups in total. The first-order valence-corrected chi connectivity index (χ1v) is 6.51. The van der Waals surface area contributed by atoms with Crippen molar-refractivity contribution in [3.63, 3.8) is 0 Å². The largest absolute Gasteiger partial charge is 0.488 e. The first-order valence-electron chi connectivity index (χ1n) is 6.51. The van der Waals surface area contributed by atoms with Crippen LogP contribution in [0.25, 0.3) is 0 Å². The molecule has 0 unspecified atom stereocenters. The summed E-state index contributed by atoms with van der Waals surface area (Å²) in [6, 6.07) is 11.7. The third-order valence-electron chi connectivity index (χ3n) is 3.03. The van der Waals surface area contributed by atoms with Gasteiger partial charge in [-0.05, 0) is 48.7 Å². The van der Waals surface area contributed by atoms with Crippen LogP contribution < -0.4 is 10.5 Å². The van der Waals surface area contributed by atoms with E-state index in [2.05, 4.69) is 4.98 Å². The summed E-state index contributed by atoms with van der Waals surface area (Å²) in [6.45, 7) is 3.02.